The first-order valence-electron chi connectivity index (χ1n) is 6.35. The van der Waals surface area contributed by atoms with Gasteiger partial charge < -0.3 is 0 Å². The lowest BCUT2D eigenvalue weighted by atomic mass is 9.76. The number of benzene rings is 1. The van der Waals surface area contributed by atoms with Crippen LogP contribution in [0.5, 0.6) is 0 Å². The number of hydrogen-bond acceptors (Lipinski definition) is 2. The van der Waals surface area contributed by atoms with E-state index in [1.807, 2.05) is 18.2 Å². The number of rotatable bonds is 7. The minimum Gasteiger partial charge on any atom is -0.271 e. The number of allylic oxidation sites excluding steroid dienone is 1. The SMILES string of the molecule is C=CCCCC(NN)C(C)(C)c1ccc(F)cc1. The highest BCUT2D eigenvalue weighted by Crippen LogP contribution is 2.29. The van der Waals surface area contributed by atoms with E-state index >= 15 is 0 Å². The van der Waals surface area contributed by atoms with Crippen molar-refractivity contribution in [3.63, 3.8) is 0 Å². The fourth-order valence-corrected chi connectivity index (χ4v) is 2.20. The molecule has 100 valence electrons. The summed E-state index contributed by atoms with van der Waals surface area (Å²) in [6.07, 6.45) is 4.91. The van der Waals surface area contributed by atoms with Crippen LogP contribution >= 0.6 is 0 Å². The first-order chi connectivity index (χ1) is 8.52. The normalized spacial score (nSPS) is 13.3. The van der Waals surface area contributed by atoms with E-state index in [4.69, 9.17) is 5.84 Å². The van der Waals surface area contributed by atoms with Crippen molar-refractivity contribution in [3.8, 4) is 0 Å². The minimum atomic E-state index is -0.210. The summed E-state index contributed by atoms with van der Waals surface area (Å²) in [4.78, 5) is 0. The molecule has 0 amide bonds. The number of hydrazine groups is 1. The Morgan fingerprint density at radius 2 is 2.00 bits per heavy atom. The predicted molar refractivity (Wildman–Crippen MR) is 74.6 cm³/mol. The Labute approximate surface area is 109 Å². The van der Waals surface area contributed by atoms with Crippen LogP contribution in [0.4, 0.5) is 4.39 Å². The molecule has 1 rings (SSSR count). The lowest BCUT2D eigenvalue weighted by Gasteiger charge is -2.34. The van der Waals surface area contributed by atoms with Crippen molar-refractivity contribution >= 4 is 0 Å². The molecule has 1 unspecified atom stereocenters. The molecule has 1 atom stereocenters. The maximum absolute atomic E-state index is 13.0. The van der Waals surface area contributed by atoms with E-state index in [1.165, 1.54) is 12.1 Å². The molecule has 3 N–H and O–H groups in total. The van der Waals surface area contributed by atoms with Gasteiger partial charge in [-0.2, -0.15) is 0 Å². The molecule has 3 heteroatoms. The number of nitrogens with two attached hydrogens (primary N) is 1. The molecule has 0 radical (unpaired) electrons. The summed E-state index contributed by atoms with van der Waals surface area (Å²) >= 11 is 0. The molecule has 0 aliphatic heterocycles. The number of nitrogens with one attached hydrogen (secondary N) is 1. The van der Waals surface area contributed by atoms with E-state index in [9.17, 15) is 4.39 Å². The van der Waals surface area contributed by atoms with Crippen molar-refractivity contribution in [3.05, 3.63) is 48.3 Å². The maximum atomic E-state index is 13.0. The second-order valence-corrected chi connectivity index (χ2v) is 5.17. The molecular formula is C15H23FN2. The Kier molecular flexibility index (Phi) is 5.51. The van der Waals surface area contributed by atoms with E-state index in [0.29, 0.717) is 0 Å². The fourth-order valence-electron chi connectivity index (χ4n) is 2.20. The molecule has 0 aliphatic carbocycles. The van der Waals surface area contributed by atoms with Crippen LogP contribution in [0.3, 0.4) is 0 Å². The van der Waals surface area contributed by atoms with Gasteiger partial charge in [-0.25, -0.2) is 4.39 Å². The van der Waals surface area contributed by atoms with E-state index in [-0.39, 0.29) is 17.3 Å². The molecule has 0 fully saturated rings. The van der Waals surface area contributed by atoms with Gasteiger partial charge in [0.25, 0.3) is 0 Å². The van der Waals surface area contributed by atoms with Gasteiger partial charge in [-0.3, -0.25) is 11.3 Å². The first-order valence-corrected chi connectivity index (χ1v) is 6.35. The van der Waals surface area contributed by atoms with Crippen molar-refractivity contribution in [2.45, 2.75) is 44.6 Å². The van der Waals surface area contributed by atoms with Gasteiger partial charge in [0.2, 0.25) is 0 Å². The molecular weight excluding hydrogens is 227 g/mol. The van der Waals surface area contributed by atoms with Crippen molar-refractivity contribution in [2.24, 2.45) is 5.84 Å². The van der Waals surface area contributed by atoms with Crippen LogP contribution in [0, 0.1) is 5.82 Å². The Morgan fingerprint density at radius 1 is 1.39 bits per heavy atom. The van der Waals surface area contributed by atoms with E-state index < -0.39 is 0 Å². The van der Waals surface area contributed by atoms with Gasteiger partial charge >= 0.3 is 0 Å². The van der Waals surface area contributed by atoms with Gasteiger partial charge in [-0.15, -0.1) is 6.58 Å². The standard InChI is InChI=1S/C15H23FN2/c1-4-5-6-7-14(18-17)15(2,3)12-8-10-13(16)11-9-12/h4,8-11,14,18H,1,5-7,17H2,2-3H3. The van der Waals surface area contributed by atoms with E-state index in [0.717, 1.165) is 24.8 Å². The molecule has 0 bridgehead atoms. The summed E-state index contributed by atoms with van der Waals surface area (Å²) in [7, 11) is 0. The van der Waals surface area contributed by atoms with Crippen LogP contribution in [0.1, 0.15) is 38.7 Å². The summed E-state index contributed by atoms with van der Waals surface area (Å²) in [6, 6.07) is 6.80. The zero-order valence-corrected chi connectivity index (χ0v) is 11.2. The lowest BCUT2D eigenvalue weighted by molar-refractivity contribution is 0.321. The highest BCUT2D eigenvalue weighted by Gasteiger charge is 2.30. The van der Waals surface area contributed by atoms with Crippen LogP contribution in [0.25, 0.3) is 0 Å². The minimum absolute atomic E-state index is 0.135. The van der Waals surface area contributed by atoms with Crippen LogP contribution in [-0.4, -0.2) is 6.04 Å². The molecule has 18 heavy (non-hydrogen) atoms. The van der Waals surface area contributed by atoms with Gasteiger partial charge in [0.15, 0.2) is 0 Å². The third kappa shape index (κ3) is 3.65. The number of halogens is 1. The van der Waals surface area contributed by atoms with Gasteiger partial charge in [0.05, 0.1) is 0 Å². The third-order valence-corrected chi connectivity index (χ3v) is 3.56. The average Bonchev–Trinajstić information content (AvgIpc) is 2.35. The zero-order chi connectivity index (χ0) is 13.6. The molecule has 2 nitrogen and oxygen atoms in total. The second-order valence-electron chi connectivity index (χ2n) is 5.17. The Bertz CT molecular complexity index is 371. The van der Waals surface area contributed by atoms with Crippen molar-refractivity contribution in [1.29, 1.82) is 0 Å². The molecule has 1 aromatic carbocycles. The van der Waals surface area contributed by atoms with Crippen molar-refractivity contribution in [2.75, 3.05) is 0 Å². The highest BCUT2D eigenvalue weighted by molar-refractivity contribution is 5.26. The van der Waals surface area contributed by atoms with Crippen molar-refractivity contribution < 1.29 is 4.39 Å². The Balaban J connectivity index is 2.80. The maximum Gasteiger partial charge on any atom is 0.123 e. The molecule has 0 aromatic heterocycles. The van der Waals surface area contributed by atoms with Gasteiger partial charge in [-0.1, -0.05) is 32.1 Å². The lowest BCUT2D eigenvalue weighted by Crippen LogP contribution is -2.48. The smallest absolute Gasteiger partial charge is 0.123 e. The van der Waals surface area contributed by atoms with Crippen LogP contribution in [0.15, 0.2) is 36.9 Å². The highest BCUT2D eigenvalue weighted by atomic mass is 19.1. The molecule has 1 aromatic rings. The molecule has 0 heterocycles. The quantitative estimate of drug-likeness (QED) is 0.337. The zero-order valence-electron chi connectivity index (χ0n) is 11.2. The van der Waals surface area contributed by atoms with Crippen LogP contribution in [0.2, 0.25) is 0 Å². The van der Waals surface area contributed by atoms with Gasteiger partial charge in [-0.05, 0) is 37.0 Å². The molecule has 0 aliphatic rings. The van der Waals surface area contributed by atoms with Crippen molar-refractivity contribution in [1.82, 2.24) is 5.43 Å². The molecule has 0 spiro atoms. The Morgan fingerprint density at radius 3 is 2.50 bits per heavy atom. The monoisotopic (exact) mass is 250 g/mol. The summed E-state index contributed by atoms with van der Waals surface area (Å²) in [5.74, 6) is 5.45. The first kappa shape index (κ1) is 14.9. The van der Waals surface area contributed by atoms with Crippen LogP contribution in [-0.2, 0) is 5.41 Å². The third-order valence-electron chi connectivity index (χ3n) is 3.56. The summed E-state index contributed by atoms with van der Waals surface area (Å²) in [5, 5.41) is 0. The fraction of sp³-hybridized carbons (Fsp3) is 0.467. The number of unbranched alkanes of at least 4 members (excludes halogenated alkanes) is 1. The second kappa shape index (κ2) is 6.66. The average molecular weight is 250 g/mol. The summed E-state index contributed by atoms with van der Waals surface area (Å²) < 4.78 is 13.0. The molecule has 0 saturated heterocycles. The summed E-state index contributed by atoms with van der Waals surface area (Å²) in [5.41, 5.74) is 3.84. The Hall–Kier alpha value is -1.19. The summed E-state index contributed by atoms with van der Waals surface area (Å²) in [6.45, 7) is 7.97. The predicted octanol–water partition coefficient (Wildman–Crippen LogP) is 3.29. The number of hydrogen-bond donors (Lipinski definition) is 2. The van der Waals surface area contributed by atoms with Crippen LogP contribution < -0.4 is 11.3 Å². The topological polar surface area (TPSA) is 38.0 Å². The van der Waals surface area contributed by atoms with Gasteiger partial charge in [0, 0.05) is 11.5 Å². The largest absolute Gasteiger partial charge is 0.271 e. The molecule has 0 saturated carbocycles. The van der Waals surface area contributed by atoms with E-state index in [1.54, 1.807) is 0 Å². The van der Waals surface area contributed by atoms with Gasteiger partial charge in [0.1, 0.15) is 5.82 Å². The van der Waals surface area contributed by atoms with E-state index in [2.05, 4.69) is 25.9 Å².